The molecule has 0 saturated carbocycles. The predicted molar refractivity (Wildman–Crippen MR) is 106 cm³/mol. The summed E-state index contributed by atoms with van der Waals surface area (Å²) in [5, 5.41) is 0.730. The number of rotatable bonds is 5. The van der Waals surface area contributed by atoms with Gasteiger partial charge in [0.25, 0.3) is 0 Å². The van der Waals surface area contributed by atoms with E-state index in [0.29, 0.717) is 23.9 Å². The Morgan fingerprint density at radius 2 is 1.65 bits per heavy atom. The van der Waals surface area contributed by atoms with Crippen LogP contribution in [0, 0.1) is 0 Å². The smallest absolute Gasteiger partial charge is 0.243 e. The highest BCUT2D eigenvalue weighted by molar-refractivity contribution is 7.89. The molecule has 0 unspecified atom stereocenters. The lowest BCUT2D eigenvalue weighted by atomic mass is 10.0. The molecule has 26 heavy (non-hydrogen) atoms. The molecule has 0 N–H and O–H groups in total. The fourth-order valence-electron chi connectivity index (χ4n) is 3.20. The van der Waals surface area contributed by atoms with Gasteiger partial charge >= 0.3 is 0 Å². The van der Waals surface area contributed by atoms with Crippen molar-refractivity contribution in [1.29, 1.82) is 0 Å². The average molecular weight is 393 g/mol. The van der Waals surface area contributed by atoms with E-state index < -0.39 is 10.0 Å². The topological polar surface area (TPSA) is 40.6 Å². The quantitative estimate of drug-likeness (QED) is 0.773. The molecule has 0 amide bonds. The Morgan fingerprint density at radius 1 is 1.00 bits per heavy atom. The van der Waals surface area contributed by atoms with Crippen LogP contribution in [0.25, 0.3) is 0 Å². The van der Waals surface area contributed by atoms with Crippen molar-refractivity contribution in [3.63, 3.8) is 0 Å². The molecule has 1 aliphatic rings. The predicted octanol–water partition coefficient (Wildman–Crippen LogP) is 3.97. The number of nitrogens with zero attached hydrogens (tertiary/aromatic N) is 2. The number of hydrogen-bond acceptors (Lipinski definition) is 3. The maximum Gasteiger partial charge on any atom is 0.243 e. The van der Waals surface area contributed by atoms with Gasteiger partial charge in [0.15, 0.2) is 0 Å². The van der Waals surface area contributed by atoms with Crippen molar-refractivity contribution < 1.29 is 8.42 Å². The van der Waals surface area contributed by atoms with Gasteiger partial charge in [-0.05, 0) is 41.3 Å². The number of halogens is 1. The Bertz CT molecular complexity index is 842. The van der Waals surface area contributed by atoms with Crippen LogP contribution in [-0.2, 0) is 16.6 Å². The third-order valence-corrected chi connectivity index (χ3v) is 6.96. The normalized spacial score (nSPS) is 16.9. The first-order chi connectivity index (χ1) is 12.4. The van der Waals surface area contributed by atoms with Crippen molar-refractivity contribution in [2.75, 3.05) is 26.2 Å². The number of piperazine rings is 1. The van der Waals surface area contributed by atoms with Crippen LogP contribution >= 0.6 is 11.6 Å². The van der Waals surface area contributed by atoms with E-state index in [-0.39, 0.29) is 0 Å². The summed E-state index contributed by atoms with van der Waals surface area (Å²) < 4.78 is 27.3. The van der Waals surface area contributed by atoms with Crippen LogP contribution in [0.5, 0.6) is 0 Å². The second kappa shape index (κ2) is 8.09. The highest BCUT2D eigenvalue weighted by Gasteiger charge is 2.28. The molecule has 1 fully saturated rings. The van der Waals surface area contributed by atoms with Gasteiger partial charge in [-0.1, -0.05) is 49.7 Å². The highest BCUT2D eigenvalue weighted by Crippen LogP contribution is 2.22. The minimum atomic E-state index is -3.42. The van der Waals surface area contributed by atoms with Crippen molar-refractivity contribution in [2.45, 2.75) is 31.2 Å². The minimum Gasteiger partial charge on any atom is -0.296 e. The van der Waals surface area contributed by atoms with E-state index in [1.807, 2.05) is 36.4 Å². The number of hydrogen-bond donors (Lipinski definition) is 0. The van der Waals surface area contributed by atoms with Gasteiger partial charge in [0, 0.05) is 37.7 Å². The van der Waals surface area contributed by atoms with E-state index in [0.717, 1.165) is 35.8 Å². The van der Waals surface area contributed by atoms with Gasteiger partial charge in [0.2, 0.25) is 10.0 Å². The fraction of sp³-hybridized carbons (Fsp3) is 0.400. The zero-order valence-electron chi connectivity index (χ0n) is 15.2. The second-order valence-electron chi connectivity index (χ2n) is 7.03. The molecule has 140 valence electrons. The van der Waals surface area contributed by atoms with Gasteiger partial charge in [0.05, 0.1) is 4.90 Å². The molecule has 3 rings (SSSR count). The molecule has 0 bridgehead atoms. The summed E-state index contributed by atoms with van der Waals surface area (Å²) in [6, 6.07) is 15.1. The largest absolute Gasteiger partial charge is 0.296 e. The summed E-state index contributed by atoms with van der Waals surface area (Å²) >= 11 is 6.04. The second-order valence-corrected chi connectivity index (χ2v) is 9.41. The Hall–Kier alpha value is -1.40. The zero-order valence-corrected chi connectivity index (χ0v) is 16.8. The van der Waals surface area contributed by atoms with Crippen molar-refractivity contribution >= 4 is 21.6 Å². The third kappa shape index (κ3) is 4.46. The van der Waals surface area contributed by atoms with Crippen LogP contribution in [0.4, 0.5) is 0 Å². The summed E-state index contributed by atoms with van der Waals surface area (Å²) in [5.74, 6) is 0.391. The van der Waals surface area contributed by atoms with Crippen LogP contribution in [0.3, 0.4) is 0 Å². The van der Waals surface area contributed by atoms with Gasteiger partial charge in [-0.25, -0.2) is 8.42 Å². The summed E-state index contributed by atoms with van der Waals surface area (Å²) in [6.07, 6.45) is 0. The van der Waals surface area contributed by atoms with E-state index in [4.69, 9.17) is 11.6 Å². The standard InChI is InChI=1S/C20H25ClN2O2S/c1-16(2)18-6-8-20(9-7-18)26(24,25)23-12-10-22(11-13-23)15-17-4-3-5-19(21)14-17/h3-9,14,16H,10-13,15H2,1-2H3. The van der Waals surface area contributed by atoms with Gasteiger partial charge in [-0.2, -0.15) is 4.31 Å². The van der Waals surface area contributed by atoms with Crippen molar-refractivity contribution in [1.82, 2.24) is 9.21 Å². The van der Waals surface area contributed by atoms with Gasteiger partial charge in [0.1, 0.15) is 0 Å². The van der Waals surface area contributed by atoms with E-state index in [2.05, 4.69) is 18.7 Å². The first-order valence-electron chi connectivity index (χ1n) is 8.93. The number of sulfonamides is 1. The van der Waals surface area contributed by atoms with Gasteiger partial charge in [-0.15, -0.1) is 0 Å². The molecule has 2 aromatic carbocycles. The minimum absolute atomic E-state index is 0.380. The lowest BCUT2D eigenvalue weighted by molar-refractivity contribution is 0.181. The zero-order chi connectivity index (χ0) is 18.7. The summed E-state index contributed by atoms with van der Waals surface area (Å²) in [6.45, 7) is 7.44. The molecule has 2 aromatic rings. The monoisotopic (exact) mass is 392 g/mol. The molecule has 1 heterocycles. The van der Waals surface area contributed by atoms with Crippen LogP contribution in [0.1, 0.15) is 30.9 Å². The molecule has 0 radical (unpaired) electrons. The van der Waals surface area contributed by atoms with Gasteiger partial charge < -0.3 is 0 Å². The molecule has 0 atom stereocenters. The van der Waals surface area contributed by atoms with Crippen molar-refractivity contribution in [3.05, 3.63) is 64.7 Å². The molecule has 1 saturated heterocycles. The Kier molecular flexibility index (Phi) is 6.03. The maximum absolute atomic E-state index is 12.9. The van der Waals surface area contributed by atoms with Gasteiger partial charge in [-0.3, -0.25) is 4.90 Å². The Morgan fingerprint density at radius 3 is 2.23 bits per heavy atom. The summed E-state index contributed by atoms with van der Waals surface area (Å²) in [5.41, 5.74) is 2.30. The molecule has 4 nitrogen and oxygen atoms in total. The lowest BCUT2D eigenvalue weighted by Gasteiger charge is -2.34. The molecule has 6 heteroatoms. The SMILES string of the molecule is CC(C)c1ccc(S(=O)(=O)N2CCN(Cc3cccc(Cl)c3)CC2)cc1. The average Bonchev–Trinajstić information content (AvgIpc) is 2.62. The molecule has 0 aromatic heterocycles. The van der Waals surface area contributed by atoms with E-state index in [1.165, 1.54) is 0 Å². The fourth-order valence-corrected chi connectivity index (χ4v) is 4.83. The number of benzene rings is 2. The molecule has 1 aliphatic heterocycles. The van der Waals surface area contributed by atoms with E-state index >= 15 is 0 Å². The molecular weight excluding hydrogens is 368 g/mol. The Balaban J connectivity index is 1.63. The maximum atomic E-state index is 12.9. The summed E-state index contributed by atoms with van der Waals surface area (Å²) in [4.78, 5) is 2.64. The first-order valence-corrected chi connectivity index (χ1v) is 10.7. The third-order valence-electron chi connectivity index (χ3n) is 4.81. The van der Waals surface area contributed by atoms with Crippen LogP contribution in [0.2, 0.25) is 5.02 Å². The molecule has 0 aliphatic carbocycles. The highest BCUT2D eigenvalue weighted by atomic mass is 35.5. The van der Waals surface area contributed by atoms with Crippen LogP contribution < -0.4 is 0 Å². The first kappa shape index (κ1) is 19.4. The van der Waals surface area contributed by atoms with E-state index in [9.17, 15) is 8.42 Å². The van der Waals surface area contributed by atoms with Crippen molar-refractivity contribution in [3.8, 4) is 0 Å². The Labute approximate surface area is 161 Å². The van der Waals surface area contributed by atoms with E-state index in [1.54, 1.807) is 16.4 Å². The lowest BCUT2D eigenvalue weighted by Crippen LogP contribution is -2.48. The van der Waals surface area contributed by atoms with Crippen LogP contribution in [-0.4, -0.2) is 43.8 Å². The molecule has 0 spiro atoms. The molecular formula is C20H25ClN2O2S. The van der Waals surface area contributed by atoms with Crippen LogP contribution in [0.15, 0.2) is 53.4 Å². The van der Waals surface area contributed by atoms with Crippen molar-refractivity contribution in [2.24, 2.45) is 0 Å². The summed E-state index contributed by atoms with van der Waals surface area (Å²) in [7, 11) is -3.42.